The van der Waals surface area contributed by atoms with E-state index in [-0.39, 0.29) is 5.84 Å². The first kappa shape index (κ1) is 13.1. The van der Waals surface area contributed by atoms with Crippen molar-refractivity contribution in [1.29, 1.82) is 5.41 Å². The second-order valence-electron chi connectivity index (χ2n) is 4.31. The number of aromatic nitrogens is 3. The van der Waals surface area contributed by atoms with Crippen molar-refractivity contribution in [3.63, 3.8) is 0 Å². The number of benzene rings is 1. The number of hydrogen-bond acceptors (Lipinski definition) is 4. The molecule has 0 aliphatic rings. The zero-order valence-corrected chi connectivity index (χ0v) is 11.2. The van der Waals surface area contributed by atoms with Gasteiger partial charge in [0, 0.05) is 24.8 Å². The Morgan fingerprint density at radius 3 is 2.95 bits per heavy atom. The number of nitrogens with one attached hydrogen (secondary N) is 1. The third-order valence-electron chi connectivity index (χ3n) is 2.97. The number of rotatable bonds is 5. The molecule has 19 heavy (non-hydrogen) atoms. The highest BCUT2D eigenvalue weighted by atomic mass is 15.3. The fourth-order valence-electron chi connectivity index (χ4n) is 1.89. The molecule has 0 unspecified atom stereocenters. The molecule has 100 valence electrons. The lowest BCUT2D eigenvalue weighted by Gasteiger charge is -2.19. The number of hydrogen-bond donors (Lipinski definition) is 2. The Morgan fingerprint density at radius 1 is 1.47 bits per heavy atom. The Hall–Kier alpha value is -2.37. The molecule has 0 amide bonds. The Kier molecular flexibility index (Phi) is 3.79. The van der Waals surface area contributed by atoms with Gasteiger partial charge in [0.15, 0.2) is 0 Å². The summed E-state index contributed by atoms with van der Waals surface area (Å²) in [6.07, 6.45) is 1.57. The van der Waals surface area contributed by atoms with Crippen molar-refractivity contribution in [3.05, 3.63) is 42.0 Å². The van der Waals surface area contributed by atoms with Gasteiger partial charge in [-0.15, -0.1) is 0 Å². The first-order valence-electron chi connectivity index (χ1n) is 6.14. The van der Waals surface area contributed by atoms with Crippen molar-refractivity contribution in [1.82, 2.24) is 14.8 Å². The normalized spacial score (nSPS) is 10.4. The standard InChI is InChI=1S/C13H18N6/c1-3-19-12(16-9-17-19)8-18(2)11-6-4-5-10(7-11)13(14)15/h4-7,9H,3,8H2,1-2H3,(H3,14,15). The van der Waals surface area contributed by atoms with Crippen LogP contribution in [0.1, 0.15) is 18.3 Å². The van der Waals surface area contributed by atoms with E-state index in [2.05, 4.69) is 15.0 Å². The Morgan fingerprint density at radius 2 is 2.26 bits per heavy atom. The van der Waals surface area contributed by atoms with E-state index >= 15 is 0 Å². The van der Waals surface area contributed by atoms with Gasteiger partial charge >= 0.3 is 0 Å². The molecule has 0 aliphatic heterocycles. The lowest BCUT2D eigenvalue weighted by atomic mass is 10.2. The van der Waals surface area contributed by atoms with Gasteiger partial charge in [-0.2, -0.15) is 5.10 Å². The molecular weight excluding hydrogens is 240 g/mol. The van der Waals surface area contributed by atoms with Crippen LogP contribution in [0.5, 0.6) is 0 Å². The average Bonchev–Trinajstić information content (AvgIpc) is 2.86. The highest BCUT2D eigenvalue weighted by Crippen LogP contribution is 2.16. The molecule has 0 saturated heterocycles. The second-order valence-corrected chi connectivity index (χ2v) is 4.31. The minimum atomic E-state index is 0.0759. The number of nitrogens with zero attached hydrogens (tertiary/aromatic N) is 4. The van der Waals surface area contributed by atoms with E-state index in [0.29, 0.717) is 6.54 Å². The maximum atomic E-state index is 7.47. The van der Waals surface area contributed by atoms with Crippen LogP contribution in [-0.4, -0.2) is 27.6 Å². The molecule has 0 saturated carbocycles. The van der Waals surface area contributed by atoms with E-state index in [1.54, 1.807) is 6.33 Å². The summed E-state index contributed by atoms with van der Waals surface area (Å²) in [6.45, 7) is 3.50. The summed E-state index contributed by atoms with van der Waals surface area (Å²) in [4.78, 5) is 6.31. The Balaban J connectivity index is 2.18. The topological polar surface area (TPSA) is 83.8 Å². The predicted octanol–water partition coefficient (Wildman–Crippen LogP) is 1.22. The minimum absolute atomic E-state index is 0.0759. The smallest absolute Gasteiger partial charge is 0.146 e. The molecule has 0 aliphatic carbocycles. The van der Waals surface area contributed by atoms with Crippen LogP contribution in [0.3, 0.4) is 0 Å². The fourth-order valence-corrected chi connectivity index (χ4v) is 1.89. The van der Waals surface area contributed by atoms with Crippen LogP contribution >= 0.6 is 0 Å². The molecule has 2 rings (SSSR count). The molecule has 0 radical (unpaired) electrons. The Labute approximate surface area is 112 Å². The first-order valence-corrected chi connectivity index (χ1v) is 6.14. The molecule has 0 bridgehead atoms. The molecule has 0 spiro atoms. The maximum absolute atomic E-state index is 7.47. The van der Waals surface area contributed by atoms with Crippen molar-refractivity contribution in [3.8, 4) is 0 Å². The van der Waals surface area contributed by atoms with E-state index in [1.807, 2.05) is 42.9 Å². The molecule has 1 heterocycles. The van der Waals surface area contributed by atoms with Crippen molar-refractivity contribution in [2.24, 2.45) is 5.73 Å². The summed E-state index contributed by atoms with van der Waals surface area (Å²) in [6, 6.07) is 7.61. The van der Waals surface area contributed by atoms with E-state index in [0.717, 1.165) is 23.6 Å². The van der Waals surface area contributed by atoms with Gasteiger partial charge in [0.1, 0.15) is 18.0 Å². The van der Waals surface area contributed by atoms with E-state index in [1.165, 1.54) is 0 Å². The predicted molar refractivity (Wildman–Crippen MR) is 75.3 cm³/mol. The lowest BCUT2D eigenvalue weighted by Crippen LogP contribution is -2.20. The number of aryl methyl sites for hydroxylation is 1. The highest BCUT2D eigenvalue weighted by molar-refractivity contribution is 5.95. The summed E-state index contributed by atoms with van der Waals surface area (Å²) in [5, 5.41) is 11.6. The van der Waals surface area contributed by atoms with E-state index in [4.69, 9.17) is 11.1 Å². The van der Waals surface area contributed by atoms with Crippen LogP contribution in [0.2, 0.25) is 0 Å². The van der Waals surface area contributed by atoms with Gasteiger partial charge in [-0.25, -0.2) is 9.67 Å². The van der Waals surface area contributed by atoms with Gasteiger partial charge in [-0.1, -0.05) is 12.1 Å². The van der Waals surface area contributed by atoms with Crippen LogP contribution in [0.15, 0.2) is 30.6 Å². The third-order valence-corrected chi connectivity index (χ3v) is 2.97. The average molecular weight is 258 g/mol. The molecule has 6 heteroatoms. The van der Waals surface area contributed by atoms with Gasteiger partial charge in [0.25, 0.3) is 0 Å². The van der Waals surface area contributed by atoms with Crippen molar-refractivity contribution in [2.45, 2.75) is 20.0 Å². The SMILES string of the molecule is CCn1ncnc1CN(C)c1cccc(C(=N)N)c1. The molecule has 2 aromatic rings. The van der Waals surface area contributed by atoms with Crippen LogP contribution < -0.4 is 10.6 Å². The van der Waals surface area contributed by atoms with Gasteiger partial charge in [0.05, 0.1) is 6.54 Å². The van der Waals surface area contributed by atoms with Crippen LogP contribution in [-0.2, 0) is 13.1 Å². The zero-order valence-electron chi connectivity index (χ0n) is 11.2. The Bertz CT molecular complexity index is 574. The molecule has 1 aromatic heterocycles. The first-order chi connectivity index (χ1) is 9.11. The van der Waals surface area contributed by atoms with Crippen molar-refractivity contribution in [2.75, 3.05) is 11.9 Å². The second kappa shape index (κ2) is 5.51. The van der Waals surface area contributed by atoms with Crippen LogP contribution in [0.25, 0.3) is 0 Å². The van der Waals surface area contributed by atoms with Crippen molar-refractivity contribution >= 4 is 11.5 Å². The number of amidine groups is 1. The molecule has 0 atom stereocenters. The molecular formula is C13H18N6. The number of anilines is 1. The lowest BCUT2D eigenvalue weighted by molar-refractivity contribution is 0.610. The zero-order chi connectivity index (χ0) is 13.8. The maximum Gasteiger partial charge on any atom is 0.146 e. The third kappa shape index (κ3) is 2.90. The number of nitrogens with two attached hydrogens (primary N) is 1. The molecule has 3 N–H and O–H groups in total. The molecule has 6 nitrogen and oxygen atoms in total. The van der Waals surface area contributed by atoms with Gasteiger partial charge in [-0.3, -0.25) is 5.41 Å². The summed E-state index contributed by atoms with van der Waals surface area (Å²) in [5.41, 5.74) is 7.22. The largest absolute Gasteiger partial charge is 0.384 e. The highest BCUT2D eigenvalue weighted by Gasteiger charge is 2.08. The van der Waals surface area contributed by atoms with Gasteiger partial charge in [-0.05, 0) is 19.1 Å². The van der Waals surface area contributed by atoms with Crippen LogP contribution in [0, 0.1) is 5.41 Å². The van der Waals surface area contributed by atoms with Gasteiger partial charge in [0.2, 0.25) is 0 Å². The fraction of sp³-hybridized carbons (Fsp3) is 0.308. The quantitative estimate of drug-likeness (QED) is 0.624. The number of nitrogen functional groups attached to an aromatic ring is 1. The van der Waals surface area contributed by atoms with Gasteiger partial charge < -0.3 is 10.6 Å². The summed E-state index contributed by atoms with van der Waals surface area (Å²) < 4.78 is 1.87. The monoisotopic (exact) mass is 258 g/mol. The minimum Gasteiger partial charge on any atom is -0.384 e. The summed E-state index contributed by atoms with van der Waals surface area (Å²) >= 11 is 0. The summed E-state index contributed by atoms with van der Waals surface area (Å²) in [7, 11) is 1.98. The van der Waals surface area contributed by atoms with Crippen LogP contribution in [0.4, 0.5) is 5.69 Å². The molecule has 0 fully saturated rings. The van der Waals surface area contributed by atoms with E-state index < -0.39 is 0 Å². The summed E-state index contributed by atoms with van der Waals surface area (Å²) in [5.74, 6) is 0.991. The molecule has 1 aromatic carbocycles. The van der Waals surface area contributed by atoms with Crippen molar-refractivity contribution < 1.29 is 0 Å². The van der Waals surface area contributed by atoms with E-state index in [9.17, 15) is 0 Å².